The lowest BCUT2D eigenvalue weighted by Gasteiger charge is -2.00. The van der Waals surface area contributed by atoms with E-state index in [0.29, 0.717) is 9.21 Å². The first-order valence-corrected chi connectivity index (χ1v) is 6.35. The van der Waals surface area contributed by atoms with Crippen LogP contribution in [0.1, 0.15) is 20.2 Å². The molecular weight excluding hydrogens is 284 g/mol. The SMILES string of the molecule is O=C(Nc1csnc1C(=O)O)c1ccc(Cl)s1. The van der Waals surface area contributed by atoms with Gasteiger partial charge in [0.1, 0.15) is 0 Å². The number of halogens is 1. The first-order chi connectivity index (χ1) is 8.08. The van der Waals surface area contributed by atoms with Crippen LogP contribution in [0.4, 0.5) is 5.69 Å². The lowest BCUT2D eigenvalue weighted by Crippen LogP contribution is -2.12. The van der Waals surface area contributed by atoms with E-state index in [2.05, 4.69) is 9.69 Å². The van der Waals surface area contributed by atoms with E-state index < -0.39 is 11.9 Å². The first-order valence-electron chi connectivity index (χ1n) is 4.32. The zero-order chi connectivity index (χ0) is 12.4. The Morgan fingerprint density at radius 2 is 2.18 bits per heavy atom. The number of thiophene rings is 1. The second-order valence-corrected chi connectivity index (χ2v) is 5.28. The predicted molar refractivity (Wildman–Crippen MR) is 66.4 cm³/mol. The third kappa shape index (κ3) is 2.63. The number of carboxylic acids is 1. The molecule has 0 bridgehead atoms. The van der Waals surface area contributed by atoms with Crippen molar-refractivity contribution in [3.63, 3.8) is 0 Å². The molecule has 0 aromatic carbocycles. The minimum Gasteiger partial charge on any atom is -0.476 e. The molecule has 0 saturated carbocycles. The molecule has 0 fully saturated rings. The number of rotatable bonds is 3. The molecule has 2 aromatic heterocycles. The van der Waals surface area contributed by atoms with Crippen molar-refractivity contribution in [1.82, 2.24) is 4.37 Å². The molecule has 0 aliphatic rings. The third-order valence-electron chi connectivity index (χ3n) is 1.82. The summed E-state index contributed by atoms with van der Waals surface area (Å²) >= 11 is 7.79. The summed E-state index contributed by atoms with van der Waals surface area (Å²) in [5.74, 6) is -1.57. The second kappa shape index (κ2) is 4.82. The minimum atomic E-state index is -1.18. The van der Waals surface area contributed by atoms with Crippen LogP contribution >= 0.6 is 34.5 Å². The van der Waals surface area contributed by atoms with Gasteiger partial charge in [0.15, 0.2) is 5.69 Å². The van der Waals surface area contributed by atoms with Gasteiger partial charge in [-0.3, -0.25) is 4.79 Å². The van der Waals surface area contributed by atoms with Gasteiger partial charge in [0.2, 0.25) is 0 Å². The number of carboxylic acid groups (broad SMARTS) is 1. The van der Waals surface area contributed by atoms with Gasteiger partial charge in [-0.1, -0.05) is 11.6 Å². The molecule has 0 unspecified atom stereocenters. The van der Waals surface area contributed by atoms with E-state index >= 15 is 0 Å². The van der Waals surface area contributed by atoms with Crippen molar-refractivity contribution in [2.24, 2.45) is 0 Å². The van der Waals surface area contributed by atoms with Crippen LogP contribution in [0.25, 0.3) is 0 Å². The molecule has 17 heavy (non-hydrogen) atoms. The Labute approximate surface area is 109 Å². The number of nitrogens with zero attached hydrogens (tertiary/aromatic N) is 1. The average Bonchev–Trinajstić information content (AvgIpc) is 2.86. The van der Waals surface area contributed by atoms with Gasteiger partial charge in [0.05, 0.1) is 14.9 Å². The Bertz CT molecular complexity index is 578. The highest BCUT2D eigenvalue weighted by Gasteiger charge is 2.17. The maximum absolute atomic E-state index is 11.7. The zero-order valence-electron chi connectivity index (χ0n) is 8.14. The smallest absolute Gasteiger partial charge is 0.357 e. The highest BCUT2D eigenvalue weighted by molar-refractivity contribution is 7.18. The van der Waals surface area contributed by atoms with Crippen LogP contribution < -0.4 is 5.32 Å². The normalized spacial score (nSPS) is 10.2. The molecule has 0 aliphatic heterocycles. The lowest BCUT2D eigenvalue weighted by atomic mass is 10.3. The fourth-order valence-electron chi connectivity index (χ4n) is 1.10. The molecule has 2 rings (SSSR count). The van der Waals surface area contributed by atoms with E-state index in [4.69, 9.17) is 16.7 Å². The Kier molecular flexibility index (Phi) is 3.41. The fraction of sp³-hybridized carbons (Fsp3) is 0. The summed E-state index contributed by atoms with van der Waals surface area (Å²) in [7, 11) is 0. The van der Waals surface area contributed by atoms with Gasteiger partial charge in [-0.2, -0.15) is 4.37 Å². The molecule has 1 amide bonds. The van der Waals surface area contributed by atoms with Crippen LogP contribution in [0.5, 0.6) is 0 Å². The maximum Gasteiger partial charge on any atom is 0.357 e. The van der Waals surface area contributed by atoms with E-state index in [9.17, 15) is 9.59 Å². The summed E-state index contributed by atoms with van der Waals surface area (Å²) < 4.78 is 4.17. The molecule has 2 heterocycles. The van der Waals surface area contributed by atoms with Crippen LogP contribution in [0, 0.1) is 0 Å². The standard InChI is InChI=1S/C9H5ClN2O3S2/c10-6-2-1-5(17-6)8(13)11-4-3-16-12-7(4)9(14)15/h1-3H,(H,11,13)(H,14,15). The number of anilines is 1. The number of aromatic nitrogens is 1. The van der Waals surface area contributed by atoms with Crippen LogP contribution in [-0.4, -0.2) is 21.4 Å². The van der Waals surface area contributed by atoms with Crippen LogP contribution in [0.15, 0.2) is 17.5 Å². The van der Waals surface area contributed by atoms with Crippen molar-refractivity contribution in [3.05, 3.63) is 32.4 Å². The molecule has 0 spiro atoms. The van der Waals surface area contributed by atoms with Gasteiger partial charge in [-0.25, -0.2) is 4.79 Å². The largest absolute Gasteiger partial charge is 0.476 e. The number of nitrogens with one attached hydrogen (secondary N) is 1. The van der Waals surface area contributed by atoms with E-state index in [1.807, 2.05) is 0 Å². The van der Waals surface area contributed by atoms with Crippen LogP contribution in [-0.2, 0) is 0 Å². The van der Waals surface area contributed by atoms with Crippen LogP contribution in [0.3, 0.4) is 0 Å². The first kappa shape index (κ1) is 12.0. The van der Waals surface area contributed by atoms with E-state index in [1.165, 1.54) is 5.38 Å². The second-order valence-electron chi connectivity index (χ2n) is 2.94. The lowest BCUT2D eigenvalue weighted by molar-refractivity contribution is 0.0693. The highest BCUT2D eigenvalue weighted by atomic mass is 35.5. The topological polar surface area (TPSA) is 79.3 Å². The number of carbonyl (C=O) groups is 2. The third-order valence-corrected chi connectivity index (χ3v) is 3.68. The number of hydrogen-bond donors (Lipinski definition) is 2. The molecule has 5 nitrogen and oxygen atoms in total. The Morgan fingerprint density at radius 3 is 2.76 bits per heavy atom. The molecule has 8 heteroatoms. The summed E-state index contributed by atoms with van der Waals surface area (Å²) in [4.78, 5) is 22.9. The van der Waals surface area contributed by atoms with Crippen molar-refractivity contribution in [1.29, 1.82) is 0 Å². The van der Waals surface area contributed by atoms with Gasteiger partial charge < -0.3 is 10.4 Å². The minimum absolute atomic E-state index is 0.161. The molecule has 2 N–H and O–H groups in total. The van der Waals surface area contributed by atoms with Crippen molar-refractivity contribution in [2.75, 3.05) is 5.32 Å². The Morgan fingerprint density at radius 1 is 1.41 bits per heavy atom. The quantitative estimate of drug-likeness (QED) is 0.910. The highest BCUT2D eigenvalue weighted by Crippen LogP contribution is 2.23. The molecule has 2 aromatic rings. The maximum atomic E-state index is 11.7. The van der Waals surface area contributed by atoms with Gasteiger partial charge in [0.25, 0.3) is 5.91 Å². The van der Waals surface area contributed by atoms with E-state index in [1.54, 1.807) is 12.1 Å². The summed E-state index contributed by atoms with van der Waals surface area (Å²) in [5.41, 5.74) is 0.0306. The van der Waals surface area contributed by atoms with Crippen molar-refractivity contribution < 1.29 is 14.7 Å². The summed E-state index contributed by atoms with van der Waals surface area (Å²) in [5, 5.41) is 12.8. The van der Waals surface area contributed by atoms with E-state index in [-0.39, 0.29) is 11.4 Å². The fourth-order valence-corrected chi connectivity index (χ4v) is 2.65. The summed E-state index contributed by atoms with van der Waals surface area (Å²) in [6.07, 6.45) is 0. The summed E-state index contributed by atoms with van der Waals surface area (Å²) in [6, 6.07) is 3.17. The van der Waals surface area contributed by atoms with Gasteiger partial charge in [-0.05, 0) is 23.7 Å². The number of carbonyl (C=O) groups excluding carboxylic acids is 1. The molecule has 88 valence electrons. The van der Waals surface area contributed by atoms with Crippen molar-refractivity contribution in [2.45, 2.75) is 0 Å². The van der Waals surface area contributed by atoms with E-state index in [0.717, 1.165) is 22.9 Å². The predicted octanol–water partition coefficient (Wildman–Crippen LogP) is 2.81. The number of amides is 1. The van der Waals surface area contributed by atoms with Crippen molar-refractivity contribution >= 4 is 52.0 Å². The number of aromatic carboxylic acids is 1. The Hall–Kier alpha value is -1.44. The molecule has 0 atom stereocenters. The average molecular weight is 289 g/mol. The monoisotopic (exact) mass is 288 g/mol. The number of hydrogen-bond acceptors (Lipinski definition) is 5. The Balaban J connectivity index is 2.18. The molecule has 0 radical (unpaired) electrons. The zero-order valence-corrected chi connectivity index (χ0v) is 10.5. The van der Waals surface area contributed by atoms with Crippen molar-refractivity contribution in [3.8, 4) is 0 Å². The van der Waals surface area contributed by atoms with Gasteiger partial charge in [-0.15, -0.1) is 11.3 Å². The molecule has 0 saturated heterocycles. The van der Waals surface area contributed by atoms with Gasteiger partial charge >= 0.3 is 5.97 Å². The van der Waals surface area contributed by atoms with Crippen LogP contribution in [0.2, 0.25) is 4.34 Å². The summed E-state index contributed by atoms with van der Waals surface area (Å²) in [6.45, 7) is 0. The van der Waals surface area contributed by atoms with Gasteiger partial charge in [0, 0.05) is 5.38 Å². The molecular formula is C9H5ClN2O3S2. The molecule has 0 aliphatic carbocycles.